The quantitative estimate of drug-likeness (QED) is 0.768. The largest absolute Gasteiger partial charge is 0.487 e. The average Bonchev–Trinajstić information content (AvgIpc) is 2.46. The monoisotopic (exact) mass is 263 g/mol. The molecule has 0 amide bonds. The lowest BCUT2D eigenvalue weighted by atomic mass is 9.89. The first-order valence-corrected chi connectivity index (χ1v) is 6.37. The van der Waals surface area contributed by atoms with Crippen molar-refractivity contribution < 1.29 is 13.7 Å². The molecule has 0 spiro atoms. The highest BCUT2D eigenvalue weighted by atomic mass is 19.1. The van der Waals surface area contributed by atoms with E-state index in [4.69, 9.17) is 9.31 Å². The predicted octanol–water partition coefficient (Wildman–Crippen LogP) is 3.17. The van der Waals surface area contributed by atoms with Crippen molar-refractivity contribution in [2.45, 2.75) is 45.8 Å². The molecule has 0 radical (unpaired) electrons. The lowest BCUT2D eigenvalue weighted by Crippen LogP contribution is -2.41. The third kappa shape index (κ3) is 2.87. The molecule has 1 fully saturated rings. The minimum Gasteiger partial charge on any atom is -0.400 e. The maximum atomic E-state index is 13.6. The molecular weight excluding hydrogens is 244 g/mol. The van der Waals surface area contributed by atoms with E-state index in [-0.39, 0.29) is 17.0 Å². The Bertz CT molecular complexity index is 498. The van der Waals surface area contributed by atoms with Crippen LogP contribution < -0.4 is 0 Å². The van der Waals surface area contributed by atoms with Crippen LogP contribution in [0.15, 0.2) is 18.2 Å². The lowest BCUT2D eigenvalue weighted by molar-refractivity contribution is 0.00578. The Kier molecular flexibility index (Phi) is 3.54. The topological polar surface area (TPSA) is 31.4 Å². The van der Waals surface area contributed by atoms with Crippen molar-refractivity contribution in [2.75, 3.05) is 0 Å². The molecular formula is C14H19BFNO2. The molecule has 3 nitrogen and oxygen atoms in total. The van der Waals surface area contributed by atoms with Gasteiger partial charge in [-0.1, -0.05) is 5.98 Å². The smallest absolute Gasteiger partial charge is 0.400 e. The molecule has 1 saturated heterocycles. The van der Waals surface area contributed by atoms with Crippen LogP contribution in [0.4, 0.5) is 4.39 Å². The molecule has 2 heterocycles. The van der Waals surface area contributed by atoms with E-state index in [1.54, 1.807) is 25.2 Å². The van der Waals surface area contributed by atoms with Crippen molar-refractivity contribution in [1.82, 2.24) is 4.98 Å². The fourth-order valence-corrected chi connectivity index (χ4v) is 1.80. The highest BCUT2D eigenvalue weighted by molar-refractivity contribution is 6.52. The number of rotatable bonds is 2. The zero-order valence-electron chi connectivity index (χ0n) is 12.0. The van der Waals surface area contributed by atoms with Crippen LogP contribution in [0, 0.1) is 12.7 Å². The van der Waals surface area contributed by atoms with Crippen LogP contribution in [0.1, 0.15) is 39.0 Å². The number of hydrogen-bond donors (Lipinski definition) is 0. The molecule has 5 heteroatoms. The molecule has 1 aromatic rings. The highest BCUT2D eigenvalue weighted by Gasteiger charge is 2.50. The van der Waals surface area contributed by atoms with Crippen LogP contribution in [0.3, 0.4) is 0 Å². The SMILES string of the molecule is Cc1cnc(/C=C/B2OC(C)(C)C(C)(C)O2)c(F)c1. The van der Waals surface area contributed by atoms with Crippen LogP contribution in [-0.4, -0.2) is 23.3 Å². The van der Waals surface area contributed by atoms with Gasteiger partial charge in [-0.3, -0.25) is 4.98 Å². The minimum atomic E-state index is -0.479. The molecule has 1 aromatic heterocycles. The van der Waals surface area contributed by atoms with Crippen molar-refractivity contribution in [3.05, 3.63) is 35.3 Å². The van der Waals surface area contributed by atoms with E-state index < -0.39 is 7.12 Å². The number of aryl methyl sites for hydroxylation is 1. The van der Waals surface area contributed by atoms with Crippen LogP contribution in [0.25, 0.3) is 6.08 Å². The molecule has 2 rings (SSSR count). The molecule has 19 heavy (non-hydrogen) atoms. The van der Waals surface area contributed by atoms with Gasteiger partial charge in [-0.2, -0.15) is 0 Å². The number of halogens is 1. The minimum absolute atomic E-state index is 0.292. The van der Waals surface area contributed by atoms with Crippen LogP contribution in [-0.2, 0) is 9.31 Å². The maximum Gasteiger partial charge on any atom is 0.487 e. The van der Waals surface area contributed by atoms with Gasteiger partial charge in [-0.25, -0.2) is 4.39 Å². The second-order valence-corrected chi connectivity index (χ2v) is 5.86. The zero-order valence-corrected chi connectivity index (χ0v) is 12.0. The van der Waals surface area contributed by atoms with Crippen molar-refractivity contribution in [2.24, 2.45) is 0 Å². The van der Waals surface area contributed by atoms with E-state index in [9.17, 15) is 4.39 Å². The Labute approximate surface area is 114 Å². The van der Waals surface area contributed by atoms with Gasteiger partial charge in [-0.05, 0) is 52.3 Å². The third-order valence-corrected chi connectivity index (χ3v) is 3.69. The van der Waals surface area contributed by atoms with Crippen LogP contribution >= 0.6 is 0 Å². The summed E-state index contributed by atoms with van der Waals surface area (Å²) in [5.41, 5.74) is 0.313. The normalized spacial score (nSPS) is 21.3. The van der Waals surface area contributed by atoms with Gasteiger partial charge < -0.3 is 9.31 Å². The lowest BCUT2D eigenvalue weighted by Gasteiger charge is -2.32. The van der Waals surface area contributed by atoms with Gasteiger partial charge in [0.2, 0.25) is 0 Å². The molecule has 102 valence electrons. The van der Waals surface area contributed by atoms with Gasteiger partial charge in [0.15, 0.2) is 0 Å². The summed E-state index contributed by atoms with van der Waals surface area (Å²) in [6.07, 6.45) is 3.23. The Hall–Kier alpha value is -1.20. The summed E-state index contributed by atoms with van der Waals surface area (Å²) in [5, 5.41) is 0. The number of aromatic nitrogens is 1. The maximum absolute atomic E-state index is 13.6. The van der Waals surface area contributed by atoms with Gasteiger partial charge in [0.05, 0.1) is 16.9 Å². The molecule has 0 bridgehead atoms. The summed E-state index contributed by atoms with van der Waals surface area (Å²) in [4.78, 5) is 4.04. The Balaban J connectivity index is 2.13. The van der Waals surface area contributed by atoms with E-state index >= 15 is 0 Å². The molecule has 1 aliphatic rings. The molecule has 1 aliphatic heterocycles. The summed E-state index contributed by atoms with van der Waals surface area (Å²) in [6.45, 7) is 9.71. The van der Waals surface area contributed by atoms with E-state index in [0.717, 1.165) is 5.56 Å². The fourth-order valence-electron chi connectivity index (χ4n) is 1.80. The molecule has 0 atom stereocenters. The first-order valence-electron chi connectivity index (χ1n) is 6.37. The highest BCUT2D eigenvalue weighted by Crippen LogP contribution is 2.36. The first kappa shape index (κ1) is 14.2. The van der Waals surface area contributed by atoms with Crippen LogP contribution in [0.5, 0.6) is 0 Å². The Morgan fingerprint density at radius 1 is 1.21 bits per heavy atom. The Morgan fingerprint density at radius 2 is 1.79 bits per heavy atom. The summed E-state index contributed by atoms with van der Waals surface area (Å²) < 4.78 is 25.2. The Morgan fingerprint density at radius 3 is 2.32 bits per heavy atom. The predicted molar refractivity (Wildman–Crippen MR) is 74.0 cm³/mol. The first-order chi connectivity index (χ1) is 8.71. The number of nitrogens with zero attached hydrogens (tertiary/aromatic N) is 1. The summed E-state index contributed by atoms with van der Waals surface area (Å²) >= 11 is 0. The van der Waals surface area contributed by atoms with Crippen molar-refractivity contribution in [3.8, 4) is 0 Å². The fraction of sp³-hybridized carbons (Fsp3) is 0.500. The van der Waals surface area contributed by atoms with Gasteiger partial charge in [0, 0.05) is 6.20 Å². The van der Waals surface area contributed by atoms with Crippen LogP contribution in [0.2, 0.25) is 0 Å². The van der Waals surface area contributed by atoms with E-state index in [2.05, 4.69) is 4.98 Å². The molecule has 0 N–H and O–H groups in total. The molecule has 0 aromatic carbocycles. The van der Waals surface area contributed by atoms with Gasteiger partial charge in [0.1, 0.15) is 5.82 Å². The van der Waals surface area contributed by atoms with E-state index in [1.807, 2.05) is 27.7 Å². The summed E-state index contributed by atoms with van der Waals surface area (Å²) in [5.74, 6) is 1.35. The summed E-state index contributed by atoms with van der Waals surface area (Å²) in [6, 6.07) is 1.46. The zero-order chi connectivity index (χ0) is 14.3. The van der Waals surface area contributed by atoms with Crippen molar-refractivity contribution >= 4 is 13.2 Å². The summed E-state index contributed by atoms with van der Waals surface area (Å²) in [7, 11) is -0.479. The molecule has 0 unspecified atom stereocenters. The van der Waals surface area contributed by atoms with E-state index in [0.29, 0.717) is 5.69 Å². The number of hydrogen-bond acceptors (Lipinski definition) is 3. The van der Waals surface area contributed by atoms with Gasteiger partial charge >= 0.3 is 7.12 Å². The third-order valence-electron chi connectivity index (χ3n) is 3.69. The molecule has 0 saturated carbocycles. The number of pyridine rings is 1. The van der Waals surface area contributed by atoms with Crippen molar-refractivity contribution in [3.63, 3.8) is 0 Å². The second kappa shape index (κ2) is 4.73. The van der Waals surface area contributed by atoms with Crippen molar-refractivity contribution in [1.29, 1.82) is 0 Å². The van der Waals surface area contributed by atoms with Gasteiger partial charge in [-0.15, -0.1) is 0 Å². The molecule has 0 aliphatic carbocycles. The average molecular weight is 263 g/mol. The van der Waals surface area contributed by atoms with E-state index in [1.165, 1.54) is 6.07 Å². The second-order valence-electron chi connectivity index (χ2n) is 5.86. The standard InChI is InChI=1S/C14H19BFNO2/c1-10-8-11(16)12(17-9-10)6-7-15-18-13(2,3)14(4,5)19-15/h6-9H,1-5H3/b7-6+. The van der Waals surface area contributed by atoms with Gasteiger partial charge in [0.25, 0.3) is 0 Å².